The molecule has 0 saturated carbocycles. The van der Waals surface area contributed by atoms with E-state index in [9.17, 15) is 12.8 Å². The van der Waals surface area contributed by atoms with Gasteiger partial charge in [-0.1, -0.05) is 0 Å². The van der Waals surface area contributed by atoms with Crippen LogP contribution >= 0.6 is 0 Å². The topological polar surface area (TPSA) is 79.7 Å². The Balaban J connectivity index is 2.32. The normalized spacial score (nSPS) is 25.4. The lowest BCUT2D eigenvalue weighted by Crippen LogP contribution is -2.51. The van der Waals surface area contributed by atoms with Crippen LogP contribution in [0.4, 0.5) is 4.39 Å². The number of ether oxygens (including phenoxy) is 1. The van der Waals surface area contributed by atoms with Crippen LogP contribution in [-0.4, -0.2) is 54.7 Å². The Kier molecular flexibility index (Phi) is 4.14. The Hall–Kier alpha value is -1.09. The molecule has 1 aromatic rings. The van der Waals surface area contributed by atoms with Crippen LogP contribution in [0.5, 0.6) is 0 Å². The highest BCUT2D eigenvalue weighted by Gasteiger charge is 2.35. The van der Waals surface area contributed by atoms with E-state index in [2.05, 4.69) is 4.98 Å². The van der Waals surface area contributed by atoms with Gasteiger partial charge in [0.25, 0.3) is 0 Å². The molecule has 0 aliphatic carbocycles. The van der Waals surface area contributed by atoms with Gasteiger partial charge in [-0.05, 0) is 13.0 Å². The molecule has 1 aliphatic heterocycles. The summed E-state index contributed by atoms with van der Waals surface area (Å²) in [5.41, 5.74) is 0. The van der Waals surface area contributed by atoms with Crippen molar-refractivity contribution in [3.05, 3.63) is 24.3 Å². The number of pyridine rings is 1. The summed E-state index contributed by atoms with van der Waals surface area (Å²) in [6, 6.07) is 0.550. The molecule has 2 unspecified atom stereocenters. The van der Waals surface area contributed by atoms with Gasteiger partial charge in [0.15, 0.2) is 0 Å². The minimum Gasteiger partial charge on any atom is -0.394 e. The van der Waals surface area contributed by atoms with Crippen molar-refractivity contribution in [2.75, 3.05) is 19.8 Å². The van der Waals surface area contributed by atoms with Crippen LogP contribution in [0.2, 0.25) is 0 Å². The molecule has 106 valence electrons. The quantitative estimate of drug-likeness (QED) is 0.847. The van der Waals surface area contributed by atoms with Gasteiger partial charge in [-0.15, -0.1) is 0 Å². The molecular weight excluding hydrogens is 275 g/mol. The summed E-state index contributed by atoms with van der Waals surface area (Å²) < 4.78 is 44.4. The molecule has 0 spiro atoms. The first-order valence-electron chi connectivity index (χ1n) is 5.80. The van der Waals surface area contributed by atoms with Crippen molar-refractivity contribution in [2.24, 2.45) is 0 Å². The summed E-state index contributed by atoms with van der Waals surface area (Å²) in [5, 5.41) is 9.06. The van der Waals surface area contributed by atoms with Crippen LogP contribution in [0.1, 0.15) is 6.92 Å². The number of hydrogen-bond acceptors (Lipinski definition) is 5. The predicted molar refractivity (Wildman–Crippen MR) is 64.4 cm³/mol. The molecule has 0 bridgehead atoms. The van der Waals surface area contributed by atoms with Crippen LogP contribution in [0.3, 0.4) is 0 Å². The SMILES string of the molecule is CC1COC(CO)CN1S(=O)(=O)c1cncc(F)c1. The standard InChI is InChI=1S/C11H15FN2O4S/c1-8-7-18-10(6-15)5-14(8)19(16,17)11-2-9(12)3-13-4-11/h2-4,8,10,15H,5-7H2,1H3. The Morgan fingerprint density at radius 1 is 1.58 bits per heavy atom. The van der Waals surface area contributed by atoms with Gasteiger partial charge in [-0.3, -0.25) is 4.98 Å². The summed E-state index contributed by atoms with van der Waals surface area (Å²) in [7, 11) is -3.84. The summed E-state index contributed by atoms with van der Waals surface area (Å²) in [5.74, 6) is -0.708. The average Bonchev–Trinajstić information content (AvgIpc) is 2.39. The fraction of sp³-hybridized carbons (Fsp3) is 0.545. The van der Waals surface area contributed by atoms with E-state index in [1.165, 1.54) is 4.31 Å². The minimum absolute atomic E-state index is 0.0382. The van der Waals surface area contributed by atoms with Crippen LogP contribution in [0.25, 0.3) is 0 Å². The number of halogens is 1. The third-order valence-corrected chi connectivity index (χ3v) is 4.88. The summed E-state index contributed by atoms with van der Waals surface area (Å²) in [6.45, 7) is 1.65. The summed E-state index contributed by atoms with van der Waals surface area (Å²) >= 11 is 0. The van der Waals surface area contributed by atoms with Crippen molar-refractivity contribution < 1.29 is 22.7 Å². The average molecular weight is 290 g/mol. The van der Waals surface area contributed by atoms with Gasteiger partial charge in [0.2, 0.25) is 10.0 Å². The Morgan fingerprint density at radius 3 is 2.95 bits per heavy atom. The van der Waals surface area contributed by atoms with Crippen molar-refractivity contribution in [1.82, 2.24) is 9.29 Å². The molecule has 2 rings (SSSR count). The first kappa shape index (κ1) is 14.3. The molecule has 1 saturated heterocycles. The number of morpholine rings is 1. The molecule has 2 heterocycles. The van der Waals surface area contributed by atoms with Gasteiger partial charge in [0, 0.05) is 18.8 Å². The molecule has 6 nitrogen and oxygen atoms in total. The Bertz CT molecular complexity index is 551. The number of aliphatic hydroxyl groups excluding tert-OH is 1. The predicted octanol–water partition coefficient (Wildman–Crippen LogP) is -0.00900. The Labute approximate surface area is 110 Å². The van der Waals surface area contributed by atoms with Crippen molar-refractivity contribution in [3.63, 3.8) is 0 Å². The second-order valence-corrected chi connectivity index (χ2v) is 6.29. The largest absolute Gasteiger partial charge is 0.394 e. The second-order valence-electron chi connectivity index (χ2n) is 4.40. The zero-order valence-electron chi connectivity index (χ0n) is 10.4. The van der Waals surface area contributed by atoms with E-state index in [1.807, 2.05) is 0 Å². The van der Waals surface area contributed by atoms with Crippen LogP contribution in [0.15, 0.2) is 23.4 Å². The summed E-state index contributed by atoms with van der Waals surface area (Å²) in [6.07, 6.45) is 1.49. The molecule has 1 fully saturated rings. The van der Waals surface area contributed by atoms with Crippen LogP contribution < -0.4 is 0 Å². The maximum atomic E-state index is 13.1. The number of rotatable bonds is 3. The molecular formula is C11H15FN2O4S. The molecule has 0 radical (unpaired) electrons. The number of aromatic nitrogens is 1. The fourth-order valence-electron chi connectivity index (χ4n) is 1.91. The lowest BCUT2D eigenvalue weighted by atomic mass is 10.2. The zero-order valence-corrected chi connectivity index (χ0v) is 11.2. The van der Waals surface area contributed by atoms with Gasteiger partial charge in [0.05, 0.1) is 25.5 Å². The van der Waals surface area contributed by atoms with E-state index < -0.39 is 21.9 Å². The summed E-state index contributed by atoms with van der Waals surface area (Å²) in [4.78, 5) is 3.35. The zero-order chi connectivity index (χ0) is 14.0. The third kappa shape index (κ3) is 2.92. The van der Waals surface area contributed by atoms with Crippen molar-refractivity contribution in [1.29, 1.82) is 0 Å². The van der Waals surface area contributed by atoms with Gasteiger partial charge < -0.3 is 9.84 Å². The molecule has 8 heteroatoms. The number of hydrogen-bond donors (Lipinski definition) is 1. The van der Waals surface area contributed by atoms with Crippen molar-refractivity contribution in [3.8, 4) is 0 Å². The number of sulfonamides is 1. The lowest BCUT2D eigenvalue weighted by molar-refractivity contribution is -0.0516. The monoisotopic (exact) mass is 290 g/mol. The van der Waals surface area contributed by atoms with Crippen LogP contribution in [0, 0.1) is 5.82 Å². The molecule has 1 N–H and O–H groups in total. The third-order valence-electron chi connectivity index (χ3n) is 2.94. The molecule has 1 aromatic heterocycles. The van der Waals surface area contributed by atoms with E-state index in [4.69, 9.17) is 9.84 Å². The van der Waals surface area contributed by atoms with E-state index in [1.54, 1.807) is 6.92 Å². The van der Waals surface area contributed by atoms with Gasteiger partial charge >= 0.3 is 0 Å². The fourth-order valence-corrected chi connectivity index (χ4v) is 3.53. The van der Waals surface area contributed by atoms with Gasteiger partial charge in [-0.2, -0.15) is 4.31 Å². The van der Waals surface area contributed by atoms with E-state index in [-0.39, 0.29) is 30.7 Å². The Morgan fingerprint density at radius 2 is 2.32 bits per heavy atom. The van der Waals surface area contributed by atoms with Gasteiger partial charge in [0.1, 0.15) is 10.7 Å². The number of aliphatic hydroxyl groups is 1. The van der Waals surface area contributed by atoms with E-state index >= 15 is 0 Å². The van der Waals surface area contributed by atoms with Crippen LogP contribution in [-0.2, 0) is 14.8 Å². The molecule has 0 amide bonds. The van der Waals surface area contributed by atoms with Gasteiger partial charge in [-0.25, -0.2) is 12.8 Å². The second kappa shape index (κ2) is 5.49. The number of nitrogens with zero attached hydrogens (tertiary/aromatic N) is 2. The lowest BCUT2D eigenvalue weighted by Gasteiger charge is -2.36. The first-order valence-corrected chi connectivity index (χ1v) is 7.24. The smallest absolute Gasteiger partial charge is 0.245 e. The minimum atomic E-state index is -3.84. The maximum Gasteiger partial charge on any atom is 0.245 e. The highest BCUT2D eigenvalue weighted by atomic mass is 32.2. The first-order chi connectivity index (χ1) is 8.95. The van der Waals surface area contributed by atoms with Crippen molar-refractivity contribution >= 4 is 10.0 Å². The molecule has 2 atom stereocenters. The van der Waals surface area contributed by atoms with E-state index in [0.717, 1.165) is 18.5 Å². The molecule has 19 heavy (non-hydrogen) atoms. The van der Waals surface area contributed by atoms with Crippen molar-refractivity contribution in [2.45, 2.75) is 24.0 Å². The maximum absolute atomic E-state index is 13.1. The highest BCUT2D eigenvalue weighted by Crippen LogP contribution is 2.22. The highest BCUT2D eigenvalue weighted by molar-refractivity contribution is 7.89. The molecule has 1 aliphatic rings. The van der Waals surface area contributed by atoms with E-state index in [0.29, 0.717) is 0 Å². The molecule has 0 aromatic carbocycles.